The van der Waals surface area contributed by atoms with E-state index in [2.05, 4.69) is 5.32 Å². The van der Waals surface area contributed by atoms with Crippen LogP contribution in [0.15, 0.2) is 18.2 Å². The number of amides is 2. The maximum Gasteiger partial charge on any atom is 0.416 e. The van der Waals surface area contributed by atoms with Crippen molar-refractivity contribution in [2.45, 2.75) is 19.2 Å². The Hall–Kier alpha value is -1.80. The van der Waals surface area contributed by atoms with E-state index in [1.165, 1.54) is 6.92 Å². The lowest BCUT2D eigenvalue weighted by atomic mass is 10.2. The monoisotopic (exact) mass is 324 g/mol. The molecule has 1 aromatic carbocycles. The van der Waals surface area contributed by atoms with E-state index in [9.17, 15) is 22.8 Å². The van der Waals surface area contributed by atoms with Gasteiger partial charge >= 0.3 is 18.0 Å². The van der Waals surface area contributed by atoms with Crippen LogP contribution in [-0.2, 0) is 15.8 Å². The van der Waals surface area contributed by atoms with Gasteiger partial charge in [0.2, 0.25) is 0 Å². The quantitative estimate of drug-likeness (QED) is 0.742. The molecule has 0 spiro atoms. The largest absolute Gasteiger partial charge is 0.416 e. The summed E-state index contributed by atoms with van der Waals surface area (Å²) in [6.07, 6.45) is -5.46. The second-order valence-corrected chi connectivity index (χ2v) is 4.61. The van der Waals surface area contributed by atoms with Gasteiger partial charge in [0.1, 0.15) is 0 Å². The van der Waals surface area contributed by atoms with Crippen molar-refractivity contribution in [3.8, 4) is 0 Å². The molecule has 0 saturated carbocycles. The average molecular weight is 325 g/mol. The van der Waals surface area contributed by atoms with Gasteiger partial charge in [0.05, 0.1) is 22.4 Å². The molecule has 0 aliphatic rings. The highest BCUT2D eigenvalue weighted by Gasteiger charge is 2.31. The molecule has 0 aliphatic carbocycles. The molecule has 1 atom stereocenters. The van der Waals surface area contributed by atoms with Crippen molar-refractivity contribution in [1.82, 2.24) is 5.32 Å². The second-order valence-electron chi connectivity index (χ2n) is 4.21. The molecule has 0 aromatic heterocycles. The first-order valence-corrected chi connectivity index (χ1v) is 6.13. The van der Waals surface area contributed by atoms with Gasteiger partial charge in [-0.15, -0.1) is 0 Å². The lowest BCUT2D eigenvalue weighted by Crippen LogP contribution is -2.38. The van der Waals surface area contributed by atoms with Gasteiger partial charge in [-0.1, -0.05) is 11.6 Å². The third-order valence-corrected chi connectivity index (χ3v) is 2.64. The molecule has 0 fully saturated rings. The van der Waals surface area contributed by atoms with Crippen molar-refractivity contribution >= 4 is 29.1 Å². The van der Waals surface area contributed by atoms with Crippen molar-refractivity contribution in [3.05, 3.63) is 28.8 Å². The SMILES string of the molecule is C[C@@H](O)CNC(=O)C(=O)Nc1cc(C(F)(F)F)ccc1Cl. The second kappa shape index (κ2) is 6.77. The van der Waals surface area contributed by atoms with E-state index in [1.807, 2.05) is 5.32 Å². The number of anilines is 1. The first-order chi connectivity index (χ1) is 9.61. The van der Waals surface area contributed by atoms with Crippen LogP contribution in [0.3, 0.4) is 0 Å². The maximum atomic E-state index is 12.5. The zero-order valence-electron chi connectivity index (χ0n) is 10.8. The molecule has 9 heteroatoms. The van der Waals surface area contributed by atoms with Crippen molar-refractivity contribution in [3.63, 3.8) is 0 Å². The number of carbonyl (C=O) groups excluding carboxylic acids is 2. The summed E-state index contributed by atoms with van der Waals surface area (Å²) in [6.45, 7) is 1.23. The minimum Gasteiger partial charge on any atom is -0.392 e. The molecule has 116 valence electrons. The van der Waals surface area contributed by atoms with E-state index in [0.29, 0.717) is 6.07 Å². The molecule has 0 bridgehead atoms. The smallest absolute Gasteiger partial charge is 0.392 e. The molecular formula is C12H12ClF3N2O3. The number of nitrogens with one attached hydrogen (secondary N) is 2. The third-order valence-electron chi connectivity index (χ3n) is 2.31. The van der Waals surface area contributed by atoms with Crippen LogP contribution in [0.2, 0.25) is 5.02 Å². The molecule has 1 aromatic rings. The molecule has 0 unspecified atom stereocenters. The van der Waals surface area contributed by atoms with Crippen molar-refractivity contribution in [2.75, 3.05) is 11.9 Å². The average Bonchev–Trinajstić information content (AvgIpc) is 2.36. The summed E-state index contributed by atoms with van der Waals surface area (Å²) in [5.74, 6) is -2.28. The summed E-state index contributed by atoms with van der Waals surface area (Å²) in [5.41, 5.74) is -1.34. The summed E-state index contributed by atoms with van der Waals surface area (Å²) in [4.78, 5) is 22.8. The zero-order valence-corrected chi connectivity index (χ0v) is 11.5. The van der Waals surface area contributed by atoms with E-state index in [-0.39, 0.29) is 17.3 Å². The molecule has 0 radical (unpaired) electrons. The molecule has 5 nitrogen and oxygen atoms in total. The standard InChI is InChI=1S/C12H12ClF3N2O3/c1-6(19)5-17-10(20)11(21)18-9-4-7(12(14,15)16)2-3-8(9)13/h2-4,6,19H,5H2,1H3,(H,17,20)(H,18,21)/t6-/m1/s1. The number of carbonyl (C=O) groups is 2. The number of benzene rings is 1. The molecule has 3 N–H and O–H groups in total. The first kappa shape index (κ1) is 17.3. The highest BCUT2D eigenvalue weighted by molar-refractivity contribution is 6.41. The highest BCUT2D eigenvalue weighted by Crippen LogP contribution is 2.33. The Labute approximate surface area is 123 Å². The molecule has 2 amide bonds. The van der Waals surface area contributed by atoms with Crippen molar-refractivity contribution in [1.29, 1.82) is 0 Å². The highest BCUT2D eigenvalue weighted by atomic mass is 35.5. The minimum atomic E-state index is -4.60. The van der Waals surface area contributed by atoms with Crippen LogP contribution in [0.5, 0.6) is 0 Å². The fourth-order valence-corrected chi connectivity index (χ4v) is 1.46. The van der Waals surface area contributed by atoms with Gasteiger partial charge in [-0.2, -0.15) is 13.2 Å². The summed E-state index contributed by atoms with van der Waals surface area (Å²) in [6, 6.07) is 2.35. The lowest BCUT2D eigenvalue weighted by molar-refractivity contribution is -0.137. The summed E-state index contributed by atoms with van der Waals surface area (Å²) < 4.78 is 37.6. The Morgan fingerprint density at radius 3 is 2.48 bits per heavy atom. The Kier molecular flexibility index (Phi) is 5.56. The lowest BCUT2D eigenvalue weighted by Gasteiger charge is -2.12. The summed E-state index contributed by atoms with van der Waals surface area (Å²) in [5, 5.41) is 12.9. The van der Waals surface area contributed by atoms with Crippen molar-refractivity contribution < 1.29 is 27.9 Å². The maximum absolute atomic E-state index is 12.5. The Bertz CT molecular complexity index is 547. The van der Waals surface area contributed by atoms with Gasteiger partial charge < -0.3 is 15.7 Å². The number of halogens is 4. The molecule has 21 heavy (non-hydrogen) atoms. The van der Waals surface area contributed by atoms with Crippen LogP contribution in [0, 0.1) is 0 Å². The van der Waals surface area contributed by atoms with Crippen LogP contribution in [-0.4, -0.2) is 29.6 Å². The Morgan fingerprint density at radius 1 is 1.33 bits per heavy atom. The fraction of sp³-hybridized carbons (Fsp3) is 0.333. The topological polar surface area (TPSA) is 78.4 Å². The van der Waals surface area contributed by atoms with Crippen LogP contribution >= 0.6 is 11.6 Å². The predicted molar refractivity (Wildman–Crippen MR) is 69.8 cm³/mol. The zero-order chi connectivity index (χ0) is 16.2. The Balaban J connectivity index is 2.82. The van der Waals surface area contributed by atoms with Gasteiger partial charge in [0, 0.05) is 6.54 Å². The Morgan fingerprint density at radius 2 is 1.95 bits per heavy atom. The number of hydrogen-bond acceptors (Lipinski definition) is 3. The van der Waals surface area contributed by atoms with E-state index in [0.717, 1.165) is 12.1 Å². The van der Waals surface area contributed by atoms with Crippen LogP contribution in [0.25, 0.3) is 0 Å². The van der Waals surface area contributed by atoms with E-state index >= 15 is 0 Å². The van der Waals surface area contributed by atoms with E-state index < -0.39 is 29.7 Å². The van der Waals surface area contributed by atoms with Crippen LogP contribution in [0.4, 0.5) is 18.9 Å². The van der Waals surface area contributed by atoms with Crippen molar-refractivity contribution in [2.24, 2.45) is 0 Å². The number of aliphatic hydroxyl groups is 1. The molecule has 0 aliphatic heterocycles. The van der Waals surface area contributed by atoms with Gasteiger partial charge in [-0.25, -0.2) is 0 Å². The fourth-order valence-electron chi connectivity index (χ4n) is 1.30. The summed E-state index contributed by atoms with van der Waals surface area (Å²) in [7, 11) is 0. The third kappa shape index (κ3) is 5.24. The first-order valence-electron chi connectivity index (χ1n) is 5.75. The normalized spacial score (nSPS) is 12.7. The molecular weight excluding hydrogens is 313 g/mol. The molecule has 0 heterocycles. The van der Waals surface area contributed by atoms with E-state index in [4.69, 9.17) is 16.7 Å². The van der Waals surface area contributed by atoms with Crippen LogP contribution < -0.4 is 10.6 Å². The predicted octanol–water partition coefficient (Wildman–Crippen LogP) is 1.79. The summed E-state index contributed by atoms with van der Waals surface area (Å²) >= 11 is 5.67. The van der Waals surface area contributed by atoms with Gasteiger partial charge in [-0.05, 0) is 25.1 Å². The van der Waals surface area contributed by atoms with Gasteiger partial charge in [0.25, 0.3) is 0 Å². The molecule has 0 saturated heterocycles. The number of alkyl halides is 3. The number of aliphatic hydroxyl groups excluding tert-OH is 1. The van der Waals surface area contributed by atoms with Gasteiger partial charge in [0.15, 0.2) is 0 Å². The molecule has 1 rings (SSSR count). The number of rotatable bonds is 3. The number of hydrogen-bond donors (Lipinski definition) is 3. The minimum absolute atomic E-state index is 0.139. The van der Waals surface area contributed by atoms with Crippen LogP contribution in [0.1, 0.15) is 12.5 Å². The van der Waals surface area contributed by atoms with E-state index in [1.54, 1.807) is 0 Å². The van der Waals surface area contributed by atoms with Gasteiger partial charge in [-0.3, -0.25) is 9.59 Å².